The van der Waals surface area contributed by atoms with Gasteiger partial charge in [0.15, 0.2) is 0 Å². The van der Waals surface area contributed by atoms with Crippen molar-refractivity contribution in [3.8, 4) is 0 Å². The number of amides is 2. The van der Waals surface area contributed by atoms with Gasteiger partial charge in [-0.2, -0.15) is 0 Å². The molecule has 0 saturated carbocycles. The zero-order valence-corrected chi connectivity index (χ0v) is 10.7. The third-order valence-corrected chi connectivity index (χ3v) is 2.29. The molecule has 98 valence electrons. The molecule has 0 bridgehead atoms. The van der Waals surface area contributed by atoms with E-state index in [0.29, 0.717) is 0 Å². The molecule has 0 aliphatic rings. The van der Waals surface area contributed by atoms with E-state index in [-0.39, 0.29) is 18.4 Å². The Morgan fingerprint density at radius 1 is 1.28 bits per heavy atom. The molecule has 1 rings (SSSR count). The molecule has 2 amide bonds. The smallest absolute Gasteiger partial charge is 0.243 e. The molecule has 5 nitrogen and oxygen atoms in total. The summed E-state index contributed by atoms with van der Waals surface area (Å²) in [7, 11) is 0. The molecule has 0 atom stereocenters. The van der Waals surface area contributed by atoms with Crippen molar-refractivity contribution in [3.05, 3.63) is 29.8 Å². The van der Waals surface area contributed by atoms with Gasteiger partial charge in [-0.05, 0) is 24.2 Å². The summed E-state index contributed by atoms with van der Waals surface area (Å²) in [4.78, 5) is 22.2. The van der Waals surface area contributed by atoms with Gasteiger partial charge >= 0.3 is 0 Å². The van der Waals surface area contributed by atoms with E-state index in [0.717, 1.165) is 24.3 Å². The van der Waals surface area contributed by atoms with Crippen LogP contribution in [0.4, 0.5) is 5.69 Å². The van der Waals surface area contributed by atoms with Gasteiger partial charge < -0.3 is 16.0 Å². The van der Waals surface area contributed by atoms with Crippen LogP contribution in [-0.4, -0.2) is 24.9 Å². The van der Waals surface area contributed by atoms with Crippen molar-refractivity contribution in [1.82, 2.24) is 10.6 Å². The standard InChI is InChI=1S/C13H19N3O2/c1-3-14-8-11-5-4-6-12(7-11)16-13(18)9-15-10(2)17/h4-7,14H,3,8-9H2,1-2H3,(H,15,17)(H,16,18). The van der Waals surface area contributed by atoms with Crippen molar-refractivity contribution in [2.45, 2.75) is 20.4 Å². The highest BCUT2D eigenvalue weighted by molar-refractivity contribution is 5.94. The van der Waals surface area contributed by atoms with Crippen molar-refractivity contribution in [2.75, 3.05) is 18.4 Å². The van der Waals surface area contributed by atoms with Crippen LogP contribution in [0.25, 0.3) is 0 Å². The summed E-state index contributed by atoms with van der Waals surface area (Å²) in [5.74, 6) is -0.447. The number of nitrogens with one attached hydrogen (secondary N) is 3. The van der Waals surface area contributed by atoms with Crippen molar-refractivity contribution in [1.29, 1.82) is 0 Å². The Bertz CT molecular complexity index is 418. The van der Waals surface area contributed by atoms with Crippen molar-refractivity contribution < 1.29 is 9.59 Å². The minimum atomic E-state index is -0.231. The molecule has 5 heteroatoms. The summed E-state index contributed by atoms with van der Waals surface area (Å²) < 4.78 is 0. The third-order valence-electron chi connectivity index (χ3n) is 2.29. The van der Waals surface area contributed by atoms with Crippen LogP contribution < -0.4 is 16.0 Å². The van der Waals surface area contributed by atoms with E-state index in [4.69, 9.17) is 0 Å². The summed E-state index contributed by atoms with van der Waals surface area (Å²) in [5.41, 5.74) is 1.84. The van der Waals surface area contributed by atoms with Gasteiger partial charge in [0.05, 0.1) is 6.54 Å². The second-order valence-corrected chi connectivity index (χ2v) is 3.94. The van der Waals surface area contributed by atoms with E-state index in [2.05, 4.69) is 16.0 Å². The Morgan fingerprint density at radius 2 is 2.06 bits per heavy atom. The average molecular weight is 249 g/mol. The monoisotopic (exact) mass is 249 g/mol. The Hall–Kier alpha value is -1.88. The molecular weight excluding hydrogens is 230 g/mol. The fourth-order valence-electron chi connectivity index (χ4n) is 1.44. The van der Waals surface area contributed by atoms with Crippen LogP contribution in [0.1, 0.15) is 19.4 Å². The van der Waals surface area contributed by atoms with E-state index >= 15 is 0 Å². The summed E-state index contributed by atoms with van der Waals surface area (Å²) in [5, 5.41) is 8.40. The number of anilines is 1. The molecule has 3 N–H and O–H groups in total. The van der Waals surface area contributed by atoms with E-state index in [1.54, 1.807) is 0 Å². The lowest BCUT2D eigenvalue weighted by molar-refractivity contribution is -0.122. The SMILES string of the molecule is CCNCc1cccc(NC(=O)CNC(C)=O)c1. The summed E-state index contributed by atoms with van der Waals surface area (Å²) in [6.07, 6.45) is 0. The lowest BCUT2D eigenvalue weighted by Gasteiger charge is -2.08. The van der Waals surface area contributed by atoms with E-state index in [1.165, 1.54) is 6.92 Å². The molecule has 0 aliphatic carbocycles. The third kappa shape index (κ3) is 5.45. The molecule has 1 aromatic rings. The van der Waals surface area contributed by atoms with Crippen LogP contribution in [0.5, 0.6) is 0 Å². The quantitative estimate of drug-likeness (QED) is 0.700. The second-order valence-electron chi connectivity index (χ2n) is 3.94. The predicted octanol–water partition coefficient (Wildman–Crippen LogP) is 0.871. The lowest BCUT2D eigenvalue weighted by Crippen LogP contribution is -2.31. The van der Waals surface area contributed by atoms with Crippen LogP contribution in [0, 0.1) is 0 Å². The van der Waals surface area contributed by atoms with Gasteiger partial charge in [0, 0.05) is 19.2 Å². The number of hydrogen-bond acceptors (Lipinski definition) is 3. The fourth-order valence-corrected chi connectivity index (χ4v) is 1.44. The van der Waals surface area contributed by atoms with Crippen molar-refractivity contribution >= 4 is 17.5 Å². The molecule has 1 aromatic carbocycles. The first kappa shape index (κ1) is 14.2. The van der Waals surface area contributed by atoms with Gasteiger partial charge in [0.25, 0.3) is 0 Å². The summed E-state index contributed by atoms with van der Waals surface area (Å²) in [6, 6.07) is 7.61. The summed E-state index contributed by atoms with van der Waals surface area (Å²) in [6.45, 7) is 5.08. The Morgan fingerprint density at radius 3 is 2.72 bits per heavy atom. The fraction of sp³-hybridized carbons (Fsp3) is 0.385. The zero-order valence-electron chi connectivity index (χ0n) is 10.7. The van der Waals surface area contributed by atoms with E-state index in [1.807, 2.05) is 31.2 Å². The van der Waals surface area contributed by atoms with Gasteiger partial charge in [-0.15, -0.1) is 0 Å². The van der Waals surface area contributed by atoms with Gasteiger partial charge in [-0.1, -0.05) is 19.1 Å². The molecule has 0 aromatic heterocycles. The first-order valence-corrected chi connectivity index (χ1v) is 5.95. The first-order chi connectivity index (χ1) is 8.61. The maximum absolute atomic E-state index is 11.5. The van der Waals surface area contributed by atoms with Crippen LogP contribution in [0.15, 0.2) is 24.3 Å². The largest absolute Gasteiger partial charge is 0.347 e. The van der Waals surface area contributed by atoms with E-state index in [9.17, 15) is 9.59 Å². The molecule has 0 spiro atoms. The molecule has 0 saturated heterocycles. The topological polar surface area (TPSA) is 70.2 Å². The predicted molar refractivity (Wildman–Crippen MR) is 71.1 cm³/mol. The Kier molecular flexibility index (Phi) is 5.87. The maximum Gasteiger partial charge on any atom is 0.243 e. The van der Waals surface area contributed by atoms with Gasteiger partial charge in [0.2, 0.25) is 11.8 Å². The minimum absolute atomic E-state index is 0.00717. The molecule has 18 heavy (non-hydrogen) atoms. The number of benzene rings is 1. The molecule has 0 fully saturated rings. The Labute approximate surface area is 107 Å². The minimum Gasteiger partial charge on any atom is -0.347 e. The van der Waals surface area contributed by atoms with Crippen LogP contribution >= 0.6 is 0 Å². The number of carbonyl (C=O) groups excluding carboxylic acids is 2. The molecule has 0 unspecified atom stereocenters. The first-order valence-electron chi connectivity index (χ1n) is 5.95. The average Bonchev–Trinajstić information content (AvgIpc) is 2.34. The van der Waals surface area contributed by atoms with Crippen molar-refractivity contribution in [2.24, 2.45) is 0 Å². The molecule has 0 heterocycles. The summed E-state index contributed by atoms with van der Waals surface area (Å²) >= 11 is 0. The highest BCUT2D eigenvalue weighted by atomic mass is 16.2. The Balaban J connectivity index is 2.50. The molecular formula is C13H19N3O2. The second kappa shape index (κ2) is 7.45. The number of rotatable bonds is 6. The number of carbonyl (C=O) groups is 2. The van der Waals surface area contributed by atoms with Crippen LogP contribution in [0.3, 0.4) is 0 Å². The lowest BCUT2D eigenvalue weighted by atomic mass is 10.2. The normalized spacial score (nSPS) is 9.89. The highest BCUT2D eigenvalue weighted by Gasteiger charge is 2.03. The molecule has 0 radical (unpaired) electrons. The van der Waals surface area contributed by atoms with E-state index < -0.39 is 0 Å². The molecule has 0 aliphatic heterocycles. The van der Waals surface area contributed by atoms with Gasteiger partial charge in [-0.3, -0.25) is 9.59 Å². The van der Waals surface area contributed by atoms with Gasteiger partial charge in [-0.25, -0.2) is 0 Å². The highest BCUT2D eigenvalue weighted by Crippen LogP contribution is 2.10. The number of hydrogen-bond donors (Lipinski definition) is 3. The van der Waals surface area contributed by atoms with Crippen LogP contribution in [0.2, 0.25) is 0 Å². The maximum atomic E-state index is 11.5. The van der Waals surface area contributed by atoms with Crippen molar-refractivity contribution in [3.63, 3.8) is 0 Å². The zero-order chi connectivity index (χ0) is 13.4. The van der Waals surface area contributed by atoms with Crippen LogP contribution in [-0.2, 0) is 16.1 Å². The van der Waals surface area contributed by atoms with Gasteiger partial charge in [0.1, 0.15) is 0 Å².